The maximum Gasteiger partial charge on any atom is 0.320 e. The predicted octanol–water partition coefficient (Wildman–Crippen LogP) is 3.34. The van der Waals surface area contributed by atoms with Crippen LogP contribution >= 0.6 is 23.2 Å². The Morgan fingerprint density at radius 1 is 1.38 bits per heavy atom. The molecule has 0 spiro atoms. The van der Waals surface area contributed by atoms with Crippen molar-refractivity contribution in [3.05, 3.63) is 34.9 Å². The van der Waals surface area contributed by atoms with E-state index in [-0.39, 0.29) is 17.8 Å². The minimum Gasteiger partial charge on any atom is -0.407 e. The SMILES string of the molecule is Fc1ccc(Cl)c(Nc2nnc(CCl)o2)c1. The van der Waals surface area contributed by atoms with Gasteiger partial charge in [0.05, 0.1) is 10.7 Å². The molecule has 1 aromatic carbocycles. The highest BCUT2D eigenvalue weighted by atomic mass is 35.5. The summed E-state index contributed by atoms with van der Waals surface area (Å²) in [7, 11) is 0. The fraction of sp³-hybridized carbons (Fsp3) is 0.111. The Morgan fingerprint density at radius 3 is 2.88 bits per heavy atom. The van der Waals surface area contributed by atoms with E-state index in [1.54, 1.807) is 0 Å². The topological polar surface area (TPSA) is 51.0 Å². The Kier molecular flexibility index (Phi) is 3.26. The molecule has 16 heavy (non-hydrogen) atoms. The maximum absolute atomic E-state index is 12.9. The number of halogens is 3. The summed E-state index contributed by atoms with van der Waals surface area (Å²) >= 11 is 11.3. The lowest BCUT2D eigenvalue weighted by Crippen LogP contribution is -1.92. The van der Waals surface area contributed by atoms with Gasteiger partial charge in [-0.05, 0) is 18.2 Å². The van der Waals surface area contributed by atoms with Gasteiger partial charge < -0.3 is 9.73 Å². The van der Waals surface area contributed by atoms with E-state index in [1.807, 2.05) is 0 Å². The molecule has 2 rings (SSSR count). The molecule has 0 saturated heterocycles. The van der Waals surface area contributed by atoms with Crippen molar-refractivity contribution < 1.29 is 8.81 Å². The zero-order valence-corrected chi connectivity index (χ0v) is 9.39. The predicted molar refractivity (Wildman–Crippen MR) is 58.5 cm³/mol. The molecule has 0 aliphatic carbocycles. The second-order valence-corrected chi connectivity index (χ2v) is 3.56. The van der Waals surface area contributed by atoms with Crippen LogP contribution < -0.4 is 5.32 Å². The van der Waals surface area contributed by atoms with Gasteiger partial charge in [0, 0.05) is 0 Å². The molecule has 0 bridgehead atoms. The van der Waals surface area contributed by atoms with E-state index in [2.05, 4.69) is 15.5 Å². The first kappa shape index (κ1) is 11.2. The van der Waals surface area contributed by atoms with Crippen LogP contribution in [0.3, 0.4) is 0 Å². The number of nitrogens with zero attached hydrogens (tertiary/aromatic N) is 2. The molecule has 0 aliphatic heterocycles. The summed E-state index contributed by atoms with van der Waals surface area (Å²) in [5, 5.41) is 10.3. The third-order valence-electron chi connectivity index (χ3n) is 1.75. The van der Waals surface area contributed by atoms with Crippen molar-refractivity contribution in [3.8, 4) is 0 Å². The molecule has 4 nitrogen and oxygen atoms in total. The number of benzene rings is 1. The van der Waals surface area contributed by atoms with Crippen LogP contribution in [0, 0.1) is 5.82 Å². The second-order valence-electron chi connectivity index (χ2n) is 2.88. The molecule has 0 aliphatic rings. The number of nitrogens with one attached hydrogen (secondary N) is 1. The molecule has 0 radical (unpaired) electrons. The highest BCUT2D eigenvalue weighted by molar-refractivity contribution is 6.33. The van der Waals surface area contributed by atoms with E-state index in [0.717, 1.165) is 0 Å². The van der Waals surface area contributed by atoms with E-state index < -0.39 is 5.82 Å². The van der Waals surface area contributed by atoms with Crippen LogP contribution in [0.5, 0.6) is 0 Å². The summed E-state index contributed by atoms with van der Waals surface area (Å²) in [6.45, 7) is 0. The summed E-state index contributed by atoms with van der Waals surface area (Å²) in [5.74, 6) is -0.0216. The fourth-order valence-corrected chi connectivity index (χ4v) is 1.34. The van der Waals surface area contributed by atoms with Crippen molar-refractivity contribution in [1.82, 2.24) is 10.2 Å². The molecular weight excluding hydrogens is 256 g/mol. The van der Waals surface area contributed by atoms with Crippen LogP contribution in [0.15, 0.2) is 22.6 Å². The Labute approximate surface area is 100 Å². The van der Waals surface area contributed by atoms with Gasteiger partial charge >= 0.3 is 6.01 Å². The quantitative estimate of drug-likeness (QED) is 0.862. The molecule has 0 atom stereocenters. The number of alkyl halides is 1. The number of rotatable bonds is 3. The molecule has 1 aromatic heterocycles. The minimum atomic E-state index is -0.413. The molecule has 0 unspecified atom stereocenters. The molecule has 7 heteroatoms. The van der Waals surface area contributed by atoms with Gasteiger partial charge in [-0.1, -0.05) is 16.7 Å². The fourth-order valence-electron chi connectivity index (χ4n) is 1.07. The third-order valence-corrected chi connectivity index (χ3v) is 2.31. The standard InChI is InChI=1S/C9H6Cl2FN3O/c10-4-8-14-15-9(16-8)13-7-3-5(12)1-2-6(7)11/h1-3H,4H2,(H,13,15). The third kappa shape index (κ3) is 2.43. The van der Waals surface area contributed by atoms with E-state index in [0.29, 0.717) is 10.7 Å². The lowest BCUT2D eigenvalue weighted by molar-refractivity contribution is 0.530. The van der Waals surface area contributed by atoms with Gasteiger partial charge in [0.2, 0.25) is 5.89 Å². The van der Waals surface area contributed by atoms with Crippen molar-refractivity contribution in [2.75, 3.05) is 5.32 Å². The molecule has 84 valence electrons. The first-order valence-electron chi connectivity index (χ1n) is 4.29. The molecule has 2 aromatic rings. The van der Waals surface area contributed by atoms with Crippen LogP contribution in [0.25, 0.3) is 0 Å². The van der Waals surface area contributed by atoms with Gasteiger partial charge in [0.1, 0.15) is 11.7 Å². The van der Waals surface area contributed by atoms with Gasteiger partial charge in [0.25, 0.3) is 0 Å². The summed E-state index contributed by atoms with van der Waals surface area (Å²) < 4.78 is 18.0. The van der Waals surface area contributed by atoms with Crippen LogP contribution in [-0.4, -0.2) is 10.2 Å². The van der Waals surface area contributed by atoms with Crippen molar-refractivity contribution in [2.24, 2.45) is 0 Å². The molecule has 0 saturated carbocycles. The van der Waals surface area contributed by atoms with Crippen LogP contribution in [0.4, 0.5) is 16.1 Å². The minimum absolute atomic E-state index is 0.114. The number of hydrogen-bond donors (Lipinski definition) is 1. The molecule has 1 heterocycles. The summed E-state index contributed by atoms with van der Waals surface area (Å²) in [6.07, 6.45) is 0. The zero-order valence-electron chi connectivity index (χ0n) is 7.88. The van der Waals surface area contributed by atoms with E-state index in [4.69, 9.17) is 27.6 Å². The first-order valence-corrected chi connectivity index (χ1v) is 5.20. The van der Waals surface area contributed by atoms with E-state index in [9.17, 15) is 4.39 Å². The van der Waals surface area contributed by atoms with Crippen molar-refractivity contribution in [2.45, 2.75) is 5.88 Å². The Bertz CT molecular complexity index is 503. The van der Waals surface area contributed by atoms with E-state index >= 15 is 0 Å². The molecule has 1 N–H and O–H groups in total. The van der Waals surface area contributed by atoms with Crippen molar-refractivity contribution in [1.29, 1.82) is 0 Å². The van der Waals surface area contributed by atoms with Crippen molar-refractivity contribution in [3.63, 3.8) is 0 Å². The highest BCUT2D eigenvalue weighted by Gasteiger charge is 2.08. The lowest BCUT2D eigenvalue weighted by atomic mass is 10.3. The average molecular weight is 262 g/mol. The monoisotopic (exact) mass is 261 g/mol. The molecule has 0 fully saturated rings. The van der Waals surface area contributed by atoms with Crippen molar-refractivity contribution >= 4 is 34.9 Å². The van der Waals surface area contributed by atoms with Gasteiger partial charge in [-0.15, -0.1) is 16.7 Å². The highest BCUT2D eigenvalue weighted by Crippen LogP contribution is 2.25. The van der Waals surface area contributed by atoms with Crippen LogP contribution in [0.1, 0.15) is 5.89 Å². The summed E-state index contributed by atoms with van der Waals surface area (Å²) in [6, 6.07) is 4.03. The Balaban J connectivity index is 2.22. The zero-order chi connectivity index (χ0) is 11.5. The summed E-state index contributed by atoms with van der Waals surface area (Å²) in [5.41, 5.74) is 0.353. The number of hydrogen-bond acceptors (Lipinski definition) is 4. The normalized spacial score (nSPS) is 10.4. The van der Waals surface area contributed by atoms with Crippen LogP contribution in [0.2, 0.25) is 5.02 Å². The average Bonchev–Trinajstić information content (AvgIpc) is 2.71. The first-order chi connectivity index (χ1) is 7.69. The number of anilines is 2. The second kappa shape index (κ2) is 4.67. The largest absolute Gasteiger partial charge is 0.407 e. The van der Waals surface area contributed by atoms with Gasteiger partial charge in [-0.3, -0.25) is 0 Å². The van der Waals surface area contributed by atoms with Gasteiger partial charge in [-0.25, -0.2) is 4.39 Å². The van der Waals surface area contributed by atoms with Gasteiger partial charge in [-0.2, -0.15) is 0 Å². The molecular formula is C9H6Cl2FN3O. The number of aromatic nitrogens is 2. The Morgan fingerprint density at radius 2 is 2.19 bits per heavy atom. The maximum atomic E-state index is 12.9. The molecule has 0 amide bonds. The Hall–Kier alpha value is -1.33. The summed E-state index contributed by atoms with van der Waals surface area (Å²) in [4.78, 5) is 0. The lowest BCUT2D eigenvalue weighted by Gasteiger charge is -2.03. The smallest absolute Gasteiger partial charge is 0.320 e. The van der Waals surface area contributed by atoms with Crippen LogP contribution in [-0.2, 0) is 5.88 Å². The van der Waals surface area contributed by atoms with Gasteiger partial charge in [0.15, 0.2) is 0 Å². The van der Waals surface area contributed by atoms with E-state index in [1.165, 1.54) is 18.2 Å².